The Balaban J connectivity index is 1.86. The summed E-state index contributed by atoms with van der Waals surface area (Å²) in [4.78, 5) is 26.9. The quantitative estimate of drug-likeness (QED) is 0.132. The molecular formula is C23H19F2N5O4S. The van der Waals surface area contributed by atoms with E-state index in [0.29, 0.717) is 22.4 Å². The number of rotatable bonds is 9. The molecule has 0 aliphatic carbocycles. The van der Waals surface area contributed by atoms with Crippen molar-refractivity contribution in [2.45, 2.75) is 24.1 Å². The van der Waals surface area contributed by atoms with Gasteiger partial charge >= 0.3 is 5.69 Å². The van der Waals surface area contributed by atoms with Gasteiger partial charge in [-0.1, -0.05) is 12.1 Å². The van der Waals surface area contributed by atoms with Crippen molar-refractivity contribution in [2.75, 3.05) is 7.11 Å². The number of nitrogens with zero attached hydrogens (tertiary/aromatic N) is 5. The maximum atomic E-state index is 13.2. The number of methoxy groups -OCH3 is 1. The molecule has 0 amide bonds. The molecule has 3 aromatic rings. The molecule has 35 heavy (non-hydrogen) atoms. The molecule has 12 heteroatoms. The van der Waals surface area contributed by atoms with Crippen LogP contribution in [-0.2, 0) is 12.8 Å². The number of allylic oxidation sites excluding steroid dienone is 1. The fourth-order valence-corrected chi connectivity index (χ4v) is 4.26. The van der Waals surface area contributed by atoms with E-state index in [2.05, 4.69) is 10.1 Å². The topological polar surface area (TPSA) is 124 Å². The van der Waals surface area contributed by atoms with Gasteiger partial charge in [0.1, 0.15) is 28.7 Å². The number of ketones is 1. The third kappa shape index (κ3) is 5.88. The van der Waals surface area contributed by atoms with Crippen LogP contribution >= 0.6 is 11.8 Å². The summed E-state index contributed by atoms with van der Waals surface area (Å²) in [5.74, 6) is 0.131. The Hall–Kier alpha value is -4.11. The number of hydrogen-bond donors (Lipinski definition) is 0. The molecule has 0 saturated carbocycles. The van der Waals surface area contributed by atoms with E-state index in [1.54, 1.807) is 25.1 Å². The molecule has 0 N–H and O–H groups in total. The zero-order valence-corrected chi connectivity index (χ0v) is 19.7. The number of nitro groups is 1. The molecule has 1 aromatic carbocycles. The van der Waals surface area contributed by atoms with E-state index in [1.807, 2.05) is 6.07 Å². The number of aromatic nitrogens is 3. The maximum absolute atomic E-state index is 13.2. The van der Waals surface area contributed by atoms with Gasteiger partial charge in [0, 0.05) is 18.4 Å². The lowest BCUT2D eigenvalue weighted by Gasteiger charge is -2.12. The average molecular weight is 499 g/mol. The Morgan fingerprint density at radius 1 is 1.40 bits per heavy atom. The summed E-state index contributed by atoms with van der Waals surface area (Å²) in [7, 11) is 2.95. The standard InChI is InChI=1S/C23H19F2N5O4S/c1-13-8-17(22(24)25)27-23(16(13)10-26)35-12-15-9-14(5-7-20(15)34-3)4-6-19(31)21-18(30(32)33)11-29(2)28-21/h4-9,11,22H,12H2,1-3H3/b6-4+. The van der Waals surface area contributed by atoms with Gasteiger partial charge < -0.3 is 4.74 Å². The fourth-order valence-electron chi connectivity index (χ4n) is 3.22. The second-order valence-corrected chi connectivity index (χ2v) is 8.27. The Labute approximate surface area is 203 Å². The number of alkyl halides is 2. The van der Waals surface area contributed by atoms with E-state index < -0.39 is 28.5 Å². The zero-order chi connectivity index (χ0) is 25.7. The second kappa shape index (κ2) is 10.9. The number of pyridine rings is 1. The number of thioether (sulfide) groups is 1. The third-order valence-corrected chi connectivity index (χ3v) is 5.90. The van der Waals surface area contributed by atoms with Crippen molar-refractivity contribution in [1.29, 1.82) is 5.26 Å². The fraction of sp³-hybridized carbons (Fsp3) is 0.217. The van der Waals surface area contributed by atoms with Gasteiger partial charge in [0.15, 0.2) is 0 Å². The highest BCUT2D eigenvalue weighted by molar-refractivity contribution is 7.98. The summed E-state index contributed by atoms with van der Waals surface area (Å²) in [5.41, 5.74) is 0.817. The smallest absolute Gasteiger partial charge is 0.318 e. The minimum absolute atomic E-state index is 0.184. The van der Waals surface area contributed by atoms with Crippen molar-refractivity contribution in [2.24, 2.45) is 7.05 Å². The van der Waals surface area contributed by atoms with Gasteiger partial charge in [-0.2, -0.15) is 10.4 Å². The first-order chi connectivity index (χ1) is 16.6. The first-order valence-corrected chi connectivity index (χ1v) is 11.0. The van der Waals surface area contributed by atoms with Gasteiger partial charge in [-0.15, -0.1) is 11.8 Å². The van der Waals surface area contributed by atoms with Crippen molar-refractivity contribution in [3.05, 3.63) is 80.3 Å². The highest BCUT2D eigenvalue weighted by Crippen LogP contribution is 2.32. The molecule has 0 aliphatic heterocycles. The largest absolute Gasteiger partial charge is 0.496 e. The molecule has 9 nitrogen and oxygen atoms in total. The molecule has 0 bridgehead atoms. The van der Waals surface area contributed by atoms with Crippen molar-refractivity contribution in [1.82, 2.24) is 14.8 Å². The lowest BCUT2D eigenvalue weighted by Crippen LogP contribution is -2.01. The molecule has 0 unspecified atom stereocenters. The number of benzene rings is 1. The van der Waals surface area contributed by atoms with Crippen molar-refractivity contribution >= 4 is 29.3 Å². The Morgan fingerprint density at radius 2 is 2.14 bits per heavy atom. The van der Waals surface area contributed by atoms with Crippen LogP contribution in [0.5, 0.6) is 5.75 Å². The number of carbonyl (C=O) groups is 1. The minimum Gasteiger partial charge on any atom is -0.496 e. The minimum atomic E-state index is -2.77. The van der Waals surface area contributed by atoms with Crippen molar-refractivity contribution < 1.29 is 23.2 Å². The molecule has 3 rings (SSSR count). The van der Waals surface area contributed by atoms with Crippen LogP contribution in [0.4, 0.5) is 14.5 Å². The number of nitriles is 1. The van der Waals surface area contributed by atoms with Crippen LogP contribution in [0.1, 0.15) is 44.9 Å². The summed E-state index contributed by atoms with van der Waals surface area (Å²) in [6.45, 7) is 1.57. The van der Waals surface area contributed by atoms with Gasteiger partial charge in [0.05, 0.1) is 17.6 Å². The first-order valence-electron chi connectivity index (χ1n) is 10.0. The molecule has 0 saturated heterocycles. The molecule has 2 heterocycles. The predicted octanol–water partition coefficient (Wildman–Crippen LogP) is 5.04. The summed E-state index contributed by atoms with van der Waals surface area (Å²) in [6, 6.07) is 8.28. The van der Waals surface area contributed by atoms with E-state index in [-0.39, 0.29) is 22.0 Å². The summed E-state index contributed by atoms with van der Waals surface area (Å²) >= 11 is 1.11. The van der Waals surface area contributed by atoms with Crippen LogP contribution in [0.3, 0.4) is 0 Å². The molecule has 0 fully saturated rings. The highest BCUT2D eigenvalue weighted by Gasteiger charge is 2.23. The van der Waals surface area contributed by atoms with Crippen LogP contribution in [0, 0.1) is 28.4 Å². The predicted molar refractivity (Wildman–Crippen MR) is 124 cm³/mol. The molecule has 180 valence electrons. The number of aryl methyl sites for hydroxylation is 2. The lowest BCUT2D eigenvalue weighted by molar-refractivity contribution is -0.385. The van der Waals surface area contributed by atoms with E-state index in [1.165, 1.54) is 37.1 Å². The third-order valence-electron chi connectivity index (χ3n) is 4.87. The van der Waals surface area contributed by atoms with Gasteiger partial charge in [-0.3, -0.25) is 19.6 Å². The van der Waals surface area contributed by atoms with Gasteiger partial charge in [-0.25, -0.2) is 13.8 Å². The van der Waals surface area contributed by atoms with Crippen LogP contribution in [0.2, 0.25) is 0 Å². The van der Waals surface area contributed by atoms with Crippen LogP contribution in [0.25, 0.3) is 6.08 Å². The SMILES string of the molecule is COc1ccc(/C=C/C(=O)c2nn(C)cc2[N+](=O)[O-])cc1CSc1nc(C(F)F)cc(C)c1C#N. The average Bonchev–Trinajstić information content (AvgIpc) is 3.23. The molecule has 0 aliphatic rings. The van der Waals surface area contributed by atoms with Gasteiger partial charge in [-0.05, 0) is 42.3 Å². The molecule has 0 atom stereocenters. The zero-order valence-electron chi connectivity index (χ0n) is 18.9. The van der Waals surface area contributed by atoms with E-state index in [0.717, 1.165) is 18.0 Å². The number of hydrogen-bond acceptors (Lipinski definition) is 8. The van der Waals surface area contributed by atoms with Crippen LogP contribution < -0.4 is 4.74 Å². The van der Waals surface area contributed by atoms with Crippen molar-refractivity contribution in [3.8, 4) is 11.8 Å². The van der Waals surface area contributed by atoms with E-state index >= 15 is 0 Å². The Morgan fingerprint density at radius 3 is 2.77 bits per heavy atom. The summed E-state index contributed by atoms with van der Waals surface area (Å²) in [6.07, 6.45) is 1.04. The monoisotopic (exact) mass is 499 g/mol. The van der Waals surface area contributed by atoms with E-state index in [4.69, 9.17) is 4.74 Å². The maximum Gasteiger partial charge on any atom is 0.318 e. The second-order valence-electron chi connectivity index (χ2n) is 7.31. The highest BCUT2D eigenvalue weighted by atomic mass is 32.2. The van der Waals surface area contributed by atoms with E-state index in [9.17, 15) is 29.0 Å². The number of ether oxygens (including phenoxy) is 1. The molecule has 0 spiro atoms. The lowest BCUT2D eigenvalue weighted by atomic mass is 10.1. The normalized spacial score (nSPS) is 11.1. The molecular weight excluding hydrogens is 480 g/mol. The van der Waals surface area contributed by atoms with Crippen molar-refractivity contribution in [3.63, 3.8) is 0 Å². The van der Waals surface area contributed by atoms with Gasteiger partial charge in [0.2, 0.25) is 11.5 Å². The van der Waals surface area contributed by atoms with Crippen LogP contribution in [-0.4, -0.2) is 32.6 Å². The Bertz CT molecular complexity index is 1360. The van der Waals surface area contributed by atoms with Crippen LogP contribution in [0.15, 0.2) is 41.6 Å². The summed E-state index contributed by atoms with van der Waals surface area (Å²) < 4.78 is 32.9. The first kappa shape index (κ1) is 25.5. The number of halogens is 2. The number of carbonyl (C=O) groups excluding carboxylic acids is 1. The Kier molecular flexibility index (Phi) is 7.93. The molecule has 0 radical (unpaired) electrons. The molecule has 2 aromatic heterocycles. The van der Waals surface area contributed by atoms with Gasteiger partial charge in [0.25, 0.3) is 6.43 Å². The summed E-state index contributed by atoms with van der Waals surface area (Å²) in [5, 5.41) is 24.6.